The van der Waals surface area contributed by atoms with Crippen molar-refractivity contribution < 1.29 is 9.90 Å². The third-order valence-corrected chi connectivity index (χ3v) is 4.77. The van der Waals surface area contributed by atoms with Crippen LogP contribution in [0.1, 0.15) is 19.5 Å². The number of anilines is 1. The Morgan fingerprint density at radius 2 is 1.88 bits per heavy atom. The van der Waals surface area contributed by atoms with Gasteiger partial charge in [-0.3, -0.25) is 9.88 Å². The number of carbonyl (C=O) groups is 1. The molecule has 134 valence electrons. The van der Waals surface area contributed by atoms with Gasteiger partial charge in [0.2, 0.25) is 0 Å². The Labute approximate surface area is 161 Å². The summed E-state index contributed by atoms with van der Waals surface area (Å²) in [4.78, 5) is 17.9. The molecule has 0 atom stereocenters. The Morgan fingerprint density at radius 3 is 2.50 bits per heavy atom. The van der Waals surface area contributed by atoms with Crippen molar-refractivity contribution in [2.75, 3.05) is 11.9 Å². The molecule has 3 rings (SSSR count). The molecule has 1 aromatic heterocycles. The number of fused-ring (bicyclic) bond motifs is 1. The Hall–Kier alpha value is -2.40. The maximum Gasteiger partial charge on any atom is 0.411 e. The van der Waals surface area contributed by atoms with Gasteiger partial charge in [0.05, 0.1) is 16.9 Å². The zero-order valence-electron chi connectivity index (χ0n) is 15.0. The molecular formula is C21H21BrN2O2. The minimum atomic E-state index is -0.997. The first kappa shape index (κ1) is 18.4. The number of rotatable bonds is 4. The van der Waals surface area contributed by atoms with Crippen molar-refractivity contribution in [3.8, 4) is 11.1 Å². The first-order valence-electron chi connectivity index (χ1n) is 8.52. The van der Waals surface area contributed by atoms with Crippen LogP contribution in [0.5, 0.6) is 0 Å². The molecule has 0 fully saturated rings. The first-order valence-corrected chi connectivity index (χ1v) is 9.32. The smallest absolute Gasteiger partial charge is 0.411 e. The van der Waals surface area contributed by atoms with E-state index in [4.69, 9.17) is 4.98 Å². The van der Waals surface area contributed by atoms with Crippen LogP contribution in [0.2, 0.25) is 0 Å². The predicted octanol–water partition coefficient (Wildman–Crippen LogP) is 5.98. The second-order valence-corrected chi connectivity index (χ2v) is 7.66. The number of aromatic nitrogens is 1. The average Bonchev–Trinajstić information content (AvgIpc) is 2.60. The van der Waals surface area contributed by atoms with E-state index in [9.17, 15) is 9.90 Å². The number of nitrogens with zero attached hydrogens (tertiary/aromatic N) is 2. The highest BCUT2D eigenvalue weighted by molar-refractivity contribution is 9.10. The van der Waals surface area contributed by atoms with Crippen molar-refractivity contribution in [2.24, 2.45) is 5.92 Å². The summed E-state index contributed by atoms with van der Waals surface area (Å²) in [6, 6.07) is 15.8. The van der Waals surface area contributed by atoms with E-state index < -0.39 is 6.09 Å². The summed E-state index contributed by atoms with van der Waals surface area (Å²) in [7, 11) is 1.58. The molecule has 0 bridgehead atoms. The largest absolute Gasteiger partial charge is 0.465 e. The van der Waals surface area contributed by atoms with Crippen molar-refractivity contribution in [3.63, 3.8) is 0 Å². The van der Waals surface area contributed by atoms with E-state index in [0.29, 0.717) is 18.0 Å². The number of pyridine rings is 1. The minimum absolute atomic E-state index is 0.361. The van der Waals surface area contributed by atoms with Gasteiger partial charge in [-0.2, -0.15) is 0 Å². The van der Waals surface area contributed by atoms with Crippen molar-refractivity contribution in [1.82, 2.24) is 4.98 Å². The number of benzene rings is 2. The van der Waals surface area contributed by atoms with Gasteiger partial charge in [-0.1, -0.05) is 60.1 Å². The molecule has 5 heteroatoms. The Bertz CT molecular complexity index is 955. The summed E-state index contributed by atoms with van der Waals surface area (Å²) in [5.41, 5.74) is 4.20. The summed E-state index contributed by atoms with van der Waals surface area (Å²) < 4.78 is 0.935. The zero-order valence-corrected chi connectivity index (χ0v) is 16.6. The Morgan fingerprint density at radius 1 is 1.19 bits per heavy atom. The molecule has 1 heterocycles. The first-order chi connectivity index (χ1) is 12.4. The Balaban J connectivity index is 2.45. The molecule has 1 amide bonds. The fraction of sp³-hybridized carbons (Fsp3) is 0.238. The number of hydrogen-bond acceptors (Lipinski definition) is 2. The molecule has 2 aromatic carbocycles. The highest BCUT2D eigenvalue weighted by atomic mass is 79.9. The molecule has 0 aliphatic carbocycles. The van der Waals surface area contributed by atoms with Crippen LogP contribution in [0.15, 0.2) is 53.0 Å². The zero-order chi connectivity index (χ0) is 18.8. The monoisotopic (exact) mass is 412 g/mol. The third-order valence-electron chi connectivity index (χ3n) is 4.28. The van der Waals surface area contributed by atoms with Gasteiger partial charge in [-0.25, -0.2) is 4.79 Å². The molecular weight excluding hydrogens is 392 g/mol. The lowest BCUT2D eigenvalue weighted by atomic mass is 9.94. The number of halogens is 1. The van der Waals surface area contributed by atoms with Gasteiger partial charge in [0.1, 0.15) is 0 Å². The van der Waals surface area contributed by atoms with Crippen molar-refractivity contribution in [3.05, 3.63) is 58.7 Å². The predicted molar refractivity (Wildman–Crippen MR) is 110 cm³/mol. The third kappa shape index (κ3) is 3.58. The van der Waals surface area contributed by atoms with Gasteiger partial charge < -0.3 is 5.11 Å². The molecule has 3 aromatic rings. The van der Waals surface area contributed by atoms with Crippen molar-refractivity contribution in [2.45, 2.75) is 20.3 Å². The molecule has 26 heavy (non-hydrogen) atoms. The lowest BCUT2D eigenvalue weighted by Crippen LogP contribution is -2.26. The lowest BCUT2D eigenvalue weighted by Gasteiger charge is -2.24. The SMILES string of the molecule is CC(C)Cc1nc2ccc(Br)cc2c(-c2ccccc2)c1N(C)C(=O)O. The molecule has 0 saturated carbocycles. The molecule has 4 nitrogen and oxygen atoms in total. The second-order valence-electron chi connectivity index (χ2n) is 6.75. The lowest BCUT2D eigenvalue weighted by molar-refractivity contribution is 0.203. The van der Waals surface area contributed by atoms with Crippen LogP contribution in [-0.2, 0) is 6.42 Å². The van der Waals surface area contributed by atoms with Gasteiger partial charge >= 0.3 is 6.09 Å². The molecule has 0 radical (unpaired) electrons. The summed E-state index contributed by atoms with van der Waals surface area (Å²) in [6.07, 6.45) is -0.290. The van der Waals surface area contributed by atoms with Gasteiger partial charge in [0, 0.05) is 22.5 Å². The number of carboxylic acid groups (broad SMARTS) is 1. The quantitative estimate of drug-likeness (QED) is 0.573. The van der Waals surface area contributed by atoms with Gasteiger partial charge in [-0.05, 0) is 36.1 Å². The fourth-order valence-electron chi connectivity index (χ4n) is 3.16. The van der Waals surface area contributed by atoms with Gasteiger partial charge in [0.15, 0.2) is 0 Å². The van der Waals surface area contributed by atoms with E-state index in [1.165, 1.54) is 4.90 Å². The topological polar surface area (TPSA) is 53.4 Å². The Kier molecular flexibility index (Phi) is 5.28. The van der Waals surface area contributed by atoms with Crippen LogP contribution in [0.4, 0.5) is 10.5 Å². The molecule has 0 spiro atoms. The molecule has 0 saturated heterocycles. The molecule has 0 unspecified atom stereocenters. The van der Waals surface area contributed by atoms with E-state index in [1.807, 2.05) is 48.5 Å². The maximum atomic E-state index is 11.8. The van der Waals surface area contributed by atoms with Crippen LogP contribution < -0.4 is 4.90 Å². The number of amides is 1. The van der Waals surface area contributed by atoms with Crippen LogP contribution in [0, 0.1) is 5.92 Å². The van der Waals surface area contributed by atoms with E-state index in [1.54, 1.807) is 7.05 Å². The van der Waals surface area contributed by atoms with Crippen molar-refractivity contribution >= 4 is 38.6 Å². The van der Waals surface area contributed by atoms with E-state index in [0.717, 1.165) is 32.2 Å². The van der Waals surface area contributed by atoms with E-state index in [-0.39, 0.29) is 0 Å². The molecule has 0 aliphatic heterocycles. The summed E-state index contributed by atoms with van der Waals surface area (Å²) in [5, 5.41) is 10.6. The molecule has 1 N–H and O–H groups in total. The summed E-state index contributed by atoms with van der Waals surface area (Å²) in [5.74, 6) is 0.361. The van der Waals surface area contributed by atoms with Crippen LogP contribution in [0.3, 0.4) is 0 Å². The van der Waals surface area contributed by atoms with Gasteiger partial charge in [-0.15, -0.1) is 0 Å². The fourth-order valence-corrected chi connectivity index (χ4v) is 3.52. The maximum absolute atomic E-state index is 11.8. The normalized spacial score (nSPS) is 11.1. The van der Waals surface area contributed by atoms with E-state index in [2.05, 4.69) is 29.8 Å². The highest BCUT2D eigenvalue weighted by Crippen LogP contribution is 2.40. The summed E-state index contributed by atoms with van der Waals surface area (Å²) in [6.45, 7) is 4.22. The number of hydrogen-bond donors (Lipinski definition) is 1. The average molecular weight is 413 g/mol. The van der Waals surface area contributed by atoms with E-state index >= 15 is 0 Å². The molecule has 0 aliphatic rings. The van der Waals surface area contributed by atoms with Crippen LogP contribution >= 0.6 is 15.9 Å². The van der Waals surface area contributed by atoms with Crippen molar-refractivity contribution in [1.29, 1.82) is 0 Å². The highest BCUT2D eigenvalue weighted by Gasteiger charge is 2.23. The summed E-state index contributed by atoms with van der Waals surface area (Å²) >= 11 is 3.53. The van der Waals surface area contributed by atoms with Crippen LogP contribution in [0.25, 0.3) is 22.0 Å². The van der Waals surface area contributed by atoms with Crippen LogP contribution in [-0.4, -0.2) is 23.2 Å². The standard InChI is InChI=1S/C21H21BrN2O2/c1-13(2)11-18-20(24(3)21(25)26)19(14-7-5-4-6-8-14)16-12-15(22)9-10-17(16)23-18/h4-10,12-13H,11H2,1-3H3,(H,25,26). The second kappa shape index (κ2) is 7.46. The van der Waals surface area contributed by atoms with Gasteiger partial charge in [0.25, 0.3) is 0 Å². The minimum Gasteiger partial charge on any atom is -0.465 e.